The van der Waals surface area contributed by atoms with E-state index in [1.54, 1.807) is 23.5 Å². The summed E-state index contributed by atoms with van der Waals surface area (Å²) in [5.41, 5.74) is 1.14. The molecular weight excluding hydrogens is 400 g/mol. The van der Waals surface area contributed by atoms with Crippen LogP contribution in [0.3, 0.4) is 0 Å². The van der Waals surface area contributed by atoms with E-state index in [0.29, 0.717) is 10.8 Å². The Morgan fingerprint density at radius 3 is 2.74 bits per heavy atom. The molecule has 3 aromatic heterocycles. The Morgan fingerprint density at radius 2 is 1.96 bits per heavy atom. The van der Waals surface area contributed by atoms with Gasteiger partial charge in [0.1, 0.15) is 22.0 Å². The minimum atomic E-state index is -0.153. The Bertz CT molecular complexity index is 1080. The normalized spacial score (nSPS) is 10.9. The highest BCUT2D eigenvalue weighted by molar-refractivity contribution is 8.00. The van der Waals surface area contributed by atoms with E-state index >= 15 is 0 Å². The SMILES string of the molecule is O=C(CSc1ncnc2sc(-c3ccccc3)cc12)Nc1ccc(Cl)cn1. The van der Waals surface area contributed by atoms with Gasteiger partial charge in [-0.15, -0.1) is 11.3 Å². The van der Waals surface area contributed by atoms with Crippen molar-refractivity contribution in [3.8, 4) is 10.4 Å². The Morgan fingerprint density at radius 1 is 1.11 bits per heavy atom. The first-order valence-electron chi connectivity index (χ1n) is 8.03. The molecule has 1 amide bonds. The minimum Gasteiger partial charge on any atom is -0.310 e. The van der Waals surface area contributed by atoms with Crippen LogP contribution in [0.4, 0.5) is 5.82 Å². The maximum absolute atomic E-state index is 12.2. The number of hydrogen-bond donors (Lipinski definition) is 1. The van der Waals surface area contributed by atoms with Crippen molar-refractivity contribution in [1.29, 1.82) is 0 Å². The van der Waals surface area contributed by atoms with Gasteiger partial charge in [0.2, 0.25) is 5.91 Å². The molecular formula is C19H13ClN4OS2. The van der Waals surface area contributed by atoms with Crippen LogP contribution in [0, 0.1) is 0 Å². The zero-order valence-corrected chi connectivity index (χ0v) is 16.3. The molecule has 5 nitrogen and oxygen atoms in total. The monoisotopic (exact) mass is 412 g/mol. The molecule has 1 N–H and O–H groups in total. The van der Waals surface area contributed by atoms with Crippen LogP contribution < -0.4 is 5.32 Å². The molecule has 1 aromatic carbocycles. The van der Waals surface area contributed by atoms with Crippen LogP contribution in [0.1, 0.15) is 0 Å². The number of anilines is 1. The number of halogens is 1. The first kappa shape index (κ1) is 17.9. The quantitative estimate of drug-likeness (QED) is 0.363. The lowest BCUT2D eigenvalue weighted by Gasteiger charge is -2.04. The smallest absolute Gasteiger partial charge is 0.235 e. The number of amides is 1. The van der Waals surface area contributed by atoms with Crippen LogP contribution in [0.15, 0.2) is 66.1 Å². The predicted molar refractivity (Wildman–Crippen MR) is 111 cm³/mol. The third-order valence-electron chi connectivity index (χ3n) is 3.69. The highest BCUT2D eigenvalue weighted by Crippen LogP contribution is 2.36. The maximum atomic E-state index is 12.2. The van der Waals surface area contributed by atoms with Gasteiger partial charge >= 0.3 is 0 Å². The Hall–Kier alpha value is -2.48. The van der Waals surface area contributed by atoms with Crippen LogP contribution in [0.2, 0.25) is 5.02 Å². The maximum Gasteiger partial charge on any atom is 0.235 e. The van der Waals surface area contributed by atoms with Gasteiger partial charge in [-0.25, -0.2) is 15.0 Å². The molecule has 3 heterocycles. The highest BCUT2D eigenvalue weighted by Gasteiger charge is 2.12. The van der Waals surface area contributed by atoms with Gasteiger partial charge in [0.15, 0.2) is 0 Å². The zero-order valence-electron chi connectivity index (χ0n) is 13.9. The Balaban J connectivity index is 1.49. The first-order valence-corrected chi connectivity index (χ1v) is 10.2. The number of carbonyl (C=O) groups is 1. The van der Waals surface area contributed by atoms with Crippen molar-refractivity contribution in [3.63, 3.8) is 0 Å². The highest BCUT2D eigenvalue weighted by atomic mass is 35.5. The van der Waals surface area contributed by atoms with Gasteiger partial charge in [-0.05, 0) is 23.8 Å². The lowest BCUT2D eigenvalue weighted by molar-refractivity contribution is -0.113. The van der Waals surface area contributed by atoms with Gasteiger partial charge in [-0.1, -0.05) is 53.7 Å². The van der Waals surface area contributed by atoms with Gasteiger partial charge in [0.05, 0.1) is 10.8 Å². The molecule has 4 rings (SSSR count). The summed E-state index contributed by atoms with van der Waals surface area (Å²) >= 11 is 8.79. The molecule has 8 heteroatoms. The van der Waals surface area contributed by atoms with Crippen LogP contribution >= 0.6 is 34.7 Å². The molecule has 0 spiro atoms. The van der Waals surface area contributed by atoms with E-state index in [4.69, 9.17) is 11.6 Å². The number of aromatic nitrogens is 3. The van der Waals surface area contributed by atoms with Crippen LogP contribution in [0.5, 0.6) is 0 Å². The summed E-state index contributed by atoms with van der Waals surface area (Å²) in [6.45, 7) is 0. The number of pyridine rings is 1. The van der Waals surface area contributed by atoms with Gasteiger partial charge in [-0.2, -0.15) is 0 Å². The van der Waals surface area contributed by atoms with Gasteiger partial charge in [-0.3, -0.25) is 4.79 Å². The zero-order chi connectivity index (χ0) is 18.6. The fourth-order valence-electron chi connectivity index (χ4n) is 2.46. The lowest BCUT2D eigenvalue weighted by atomic mass is 10.2. The predicted octanol–water partition coefficient (Wildman–Crippen LogP) is 5.14. The molecule has 0 atom stereocenters. The van der Waals surface area contributed by atoms with Gasteiger partial charge < -0.3 is 5.32 Å². The first-order chi connectivity index (χ1) is 13.2. The van der Waals surface area contributed by atoms with E-state index in [1.165, 1.54) is 24.3 Å². The van der Waals surface area contributed by atoms with Crippen molar-refractivity contribution in [2.24, 2.45) is 0 Å². The second kappa shape index (κ2) is 8.04. The molecule has 0 unspecified atom stereocenters. The lowest BCUT2D eigenvalue weighted by Crippen LogP contribution is -2.14. The number of thiophene rings is 1. The molecule has 0 fully saturated rings. The van der Waals surface area contributed by atoms with E-state index in [0.717, 1.165) is 25.7 Å². The largest absolute Gasteiger partial charge is 0.310 e. The molecule has 27 heavy (non-hydrogen) atoms. The molecule has 0 aliphatic heterocycles. The van der Waals surface area contributed by atoms with Crippen molar-refractivity contribution in [3.05, 3.63) is 66.1 Å². The molecule has 0 saturated carbocycles. The number of fused-ring (bicyclic) bond motifs is 1. The van der Waals surface area contributed by atoms with Crippen molar-refractivity contribution in [2.75, 3.05) is 11.1 Å². The fraction of sp³-hybridized carbons (Fsp3) is 0.0526. The van der Waals surface area contributed by atoms with Gasteiger partial charge in [0.25, 0.3) is 0 Å². The average molecular weight is 413 g/mol. The van der Waals surface area contributed by atoms with Crippen molar-refractivity contribution in [2.45, 2.75) is 5.03 Å². The Kier molecular flexibility index (Phi) is 5.33. The molecule has 0 radical (unpaired) electrons. The number of carbonyl (C=O) groups excluding carboxylic acids is 1. The van der Waals surface area contributed by atoms with E-state index in [-0.39, 0.29) is 11.7 Å². The number of hydrogen-bond acceptors (Lipinski definition) is 6. The Labute approximate surface area is 168 Å². The summed E-state index contributed by atoms with van der Waals surface area (Å²) in [6, 6.07) is 15.6. The van der Waals surface area contributed by atoms with Crippen LogP contribution in [-0.4, -0.2) is 26.6 Å². The summed E-state index contributed by atoms with van der Waals surface area (Å²) in [7, 11) is 0. The van der Waals surface area contributed by atoms with E-state index in [1.807, 2.05) is 18.2 Å². The van der Waals surface area contributed by atoms with Gasteiger partial charge in [0, 0.05) is 16.5 Å². The molecule has 0 saturated heterocycles. The van der Waals surface area contributed by atoms with Crippen molar-refractivity contribution in [1.82, 2.24) is 15.0 Å². The summed E-state index contributed by atoms with van der Waals surface area (Å²) in [5.74, 6) is 0.548. The number of thioether (sulfide) groups is 1. The summed E-state index contributed by atoms with van der Waals surface area (Å²) < 4.78 is 0. The molecule has 0 bridgehead atoms. The van der Waals surface area contributed by atoms with E-state index in [9.17, 15) is 4.79 Å². The molecule has 0 aliphatic rings. The van der Waals surface area contributed by atoms with Crippen LogP contribution in [-0.2, 0) is 4.79 Å². The average Bonchev–Trinajstić information content (AvgIpc) is 3.14. The number of nitrogens with one attached hydrogen (secondary N) is 1. The summed E-state index contributed by atoms with van der Waals surface area (Å²) in [5, 5.41) is 5.02. The van der Waals surface area contributed by atoms with Crippen LogP contribution in [0.25, 0.3) is 20.7 Å². The summed E-state index contributed by atoms with van der Waals surface area (Å²) in [4.78, 5) is 27.0. The van der Waals surface area contributed by atoms with Crippen molar-refractivity contribution < 1.29 is 4.79 Å². The minimum absolute atomic E-state index is 0.153. The second-order valence-corrected chi connectivity index (χ2v) is 8.00. The topological polar surface area (TPSA) is 67.8 Å². The van der Waals surface area contributed by atoms with E-state index < -0.39 is 0 Å². The summed E-state index contributed by atoms with van der Waals surface area (Å²) in [6.07, 6.45) is 3.03. The fourth-order valence-corrected chi connectivity index (χ4v) is 4.41. The standard InChI is InChI=1S/C19H13ClN4OS2/c20-13-6-7-16(21-9-13)24-17(25)10-26-18-14-8-15(12-4-2-1-3-5-12)27-19(14)23-11-22-18/h1-9,11H,10H2,(H,21,24,25). The number of benzene rings is 1. The number of rotatable bonds is 5. The van der Waals surface area contributed by atoms with E-state index in [2.05, 4.69) is 38.5 Å². The molecule has 0 aliphatic carbocycles. The third kappa shape index (κ3) is 4.27. The third-order valence-corrected chi connectivity index (χ3v) is 6.01. The molecule has 4 aromatic rings. The van der Waals surface area contributed by atoms with Crippen molar-refractivity contribution >= 4 is 56.6 Å². The molecule has 134 valence electrons. The number of nitrogens with zero attached hydrogens (tertiary/aromatic N) is 3. The second-order valence-electron chi connectivity index (χ2n) is 5.57.